The molecule has 2 fully saturated rings. The third-order valence-corrected chi connectivity index (χ3v) is 4.74. The van der Waals surface area contributed by atoms with Crippen molar-refractivity contribution < 1.29 is 19.1 Å². The van der Waals surface area contributed by atoms with Crippen LogP contribution in [-0.4, -0.2) is 24.6 Å². The van der Waals surface area contributed by atoms with E-state index in [1.54, 1.807) is 0 Å². The van der Waals surface area contributed by atoms with Crippen LogP contribution in [0.1, 0.15) is 32.1 Å². The van der Waals surface area contributed by atoms with Gasteiger partial charge in [0, 0.05) is 17.4 Å². The van der Waals surface area contributed by atoms with Crippen LogP contribution in [0.5, 0.6) is 0 Å². The van der Waals surface area contributed by atoms with Crippen LogP contribution in [0.3, 0.4) is 0 Å². The zero-order valence-corrected chi connectivity index (χ0v) is 11.1. The molecule has 1 spiro atoms. The molecule has 0 bridgehead atoms. The molecule has 3 rings (SSSR count). The van der Waals surface area contributed by atoms with Crippen molar-refractivity contribution in [2.75, 3.05) is 7.11 Å². The van der Waals surface area contributed by atoms with Crippen LogP contribution in [-0.2, 0) is 19.1 Å². The summed E-state index contributed by atoms with van der Waals surface area (Å²) in [5.74, 6) is -0.140. The monoisotopic (exact) mass is 262 g/mol. The molecule has 102 valence electrons. The Kier molecular flexibility index (Phi) is 2.77. The Balaban J connectivity index is 2.04. The third kappa shape index (κ3) is 1.73. The zero-order chi connectivity index (χ0) is 13.6. The van der Waals surface area contributed by atoms with Crippen molar-refractivity contribution in [1.82, 2.24) is 0 Å². The van der Waals surface area contributed by atoms with Crippen LogP contribution in [0.4, 0.5) is 0 Å². The molecular weight excluding hydrogens is 244 g/mol. The Morgan fingerprint density at radius 2 is 2.26 bits per heavy atom. The summed E-state index contributed by atoms with van der Waals surface area (Å²) in [5, 5.41) is 0. The largest absolute Gasteiger partial charge is 0.466 e. The van der Waals surface area contributed by atoms with Crippen LogP contribution < -0.4 is 0 Å². The van der Waals surface area contributed by atoms with Gasteiger partial charge in [-0.15, -0.1) is 0 Å². The molecule has 0 aromatic rings. The highest BCUT2D eigenvalue weighted by atomic mass is 16.6. The van der Waals surface area contributed by atoms with Gasteiger partial charge in [-0.2, -0.15) is 0 Å². The molecule has 2 aliphatic carbocycles. The van der Waals surface area contributed by atoms with Gasteiger partial charge in [0.25, 0.3) is 0 Å². The Morgan fingerprint density at radius 1 is 1.47 bits per heavy atom. The number of rotatable bonds is 1. The average molecular weight is 262 g/mol. The lowest BCUT2D eigenvalue weighted by atomic mass is 9.62. The number of hydrogen-bond acceptors (Lipinski definition) is 4. The molecule has 0 aromatic heterocycles. The Hall–Kier alpha value is -1.58. The first-order chi connectivity index (χ1) is 9.06. The van der Waals surface area contributed by atoms with Gasteiger partial charge in [0.2, 0.25) is 0 Å². The third-order valence-electron chi connectivity index (χ3n) is 4.74. The predicted octanol–water partition coefficient (Wildman–Crippen LogP) is 2.15. The number of methoxy groups -OCH3 is 1. The summed E-state index contributed by atoms with van der Waals surface area (Å²) in [6.45, 7) is 4.13. The van der Waals surface area contributed by atoms with Crippen molar-refractivity contribution in [2.24, 2.45) is 11.8 Å². The van der Waals surface area contributed by atoms with Crippen LogP contribution in [0.2, 0.25) is 0 Å². The molecule has 3 atom stereocenters. The van der Waals surface area contributed by atoms with Crippen molar-refractivity contribution in [3.63, 3.8) is 0 Å². The fraction of sp³-hybridized carbons (Fsp3) is 0.600. The standard InChI is InChI=1S/C15H18O4/c1-9-3-5-11-7-13(16)19-15(11)8-10(14(17)18-2)4-6-12(9)15/h8,11-12H,1,3-7H2,2H3. The lowest BCUT2D eigenvalue weighted by Crippen LogP contribution is -2.48. The number of ether oxygens (including phenoxy) is 2. The van der Waals surface area contributed by atoms with E-state index in [1.165, 1.54) is 7.11 Å². The van der Waals surface area contributed by atoms with E-state index in [1.807, 2.05) is 6.08 Å². The summed E-state index contributed by atoms with van der Waals surface area (Å²) < 4.78 is 10.5. The predicted molar refractivity (Wildman–Crippen MR) is 68.1 cm³/mol. The lowest BCUT2D eigenvalue weighted by molar-refractivity contribution is -0.151. The Labute approximate surface area is 112 Å². The molecule has 1 aliphatic heterocycles. The zero-order valence-electron chi connectivity index (χ0n) is 11.1. The van der Waals surface area contributed by atoms with Crippen LogP contribution >= 0.6 is 0 Å². The van der Waals surface area contributed by atoms with Crippen LogP contribution in [0.25, 0.3) is 0 Å². The van der Waals surface area contributed by atoms with Crippen molar-refractivity contribution in [3.8, 4) is 0 Å². The number of carbonyl (C=O) groups is 2. The topological polar surface area (TPSA) is 52.6 Å². The van der Waals surface area contributed by atoms with Gasteiger partial charge < -0.3 is 9.47 Å². The number of esters is 2. The first kappa shape index (κ1) is 12.5. The normalized spacial score (nSPS) is 37.0. The molecule has 3 unspecified atom stereocenters. The van der Waals surface area contributed by atoms with E-state index in [2.05, 4.69) is 6.58 Å². The second kappa shape index (κ2) is 4.22. The van der Waals surface area contributed by atoms with Gasteiger partial charge in [0.15, 0.2) is 0 Å². The summed E-state index contributed by atoms with van der Waals surface area (Å²) in [4.78, 5) is 23.5. The molecule has 0 N–H and O–H groups in total. The summed E-state index contributed by atoms with van der Waals surface area (Å²) in [7, 11) is 1.38. The minimum Gasteiger partial charge on any atom is -0.466 e. The summed E-state index contributed by atoms with van der Waals surface area (Å²) in [6, 6.07) is 0. The fourth-order valence-corrected chi connectivity index (χ4v) is 3.83. The van der Waals surface area contributed by atoms with E-state index in [0.717, 1.165) is 24.8 Å². The Bertz CT molecular complexity index is 490. The summed E-state index contributed by atoms with van der Waals surface area (Å²) in [6.07, 6.45) is 5.65. The molecule has 0 amide bonds. The fourth-order valence-electron chi connectivity index (χ4n) is 3.83. The summed E-state index contributed by atoms with van der Waals surface area (Å²) >= 11 is 0. The van der Waals surface area contributed by atoms with Gasteiger partial charge in [-0.1, -0.05) is 12.2 Å². The highest BCUT2D eigenvalue weighted by Crippen LogP contribution is 2.54. The second-order valence-electron chi connectivity index (χ2n) is 5.68. The number of hydrogen-bond donors (Lipinski definition) is 0. The van der Waals surface area contributed by atoms with Gasteiger partial charge in [-0.3, -0.25) is 4.79 Å². The van der Waals surface area contributed by atoms with Crippen molar-refractivity contribution >= 4 is 11.9 Å². The van der Waals surface area contributed by atoms with E-state index in [9.17, 15) is 9.59 Å². The van der Waals surface area contributed by atoms with E-state index in [-0.39, 0.29) is 23.8 Å². The van der Waals surface area contributed by atoms with E-state index in [0.29, 0.717) is 18.4 Å². The van der Waals surface area contributed by atoms with Crippen LogP contribution in [0.15, 0.2) is 23.8 Å². The maximum Gasteiger partial charge on any atom is 0.333 e. The molecule has 0 radical (unpaired) electrons. The molecule has 4 heteroatoms. The SMILES string of the molecule is C=C1CCC2CC(=O)OC23C=C(C(=O)OC)CCC13. The van der Waals surface area contributed by atoms with E-state index < -0.39 is 5.60 Å². The highest BCUT2D eigenvalue weighted by Gasteiger charge is 2.57. The molecule has 4 nitrogen and oxygen atoms in total. The first-order valence-corrected chi connectivity index (χ1v) is 6.76. The first-order valence-electron chi connectivity index (χ1n) is 6.76. The molecule has 19 heavy (non-hydrogen) atoms. The average Bonchev–Trinajstić information content (AvgIpc) is 2.72. The van der Waals surface area contributed by atoms with E-state index >= 15 is 0 Å². The van der Waals surface area contributed by atoms with E-state index in [4.69, 9.17) is 9.47 Å². The van der Waals surface area contributed by atoms with Gasteiger partial charge in [0.05, 0.1) is 13.5 Å². The molecule has 0 aromatic carbocycles. The smallest absolute Gasteiger partial charge is 0.333 e. The lowest BCUT2D eigenvalue weighted by Gasteiger charge is -2.46. The minimum absolute atomic E-state index is 0.158. The van der Waals surface area contributed by atoms with Gasteiger partial charge in [-0.05, 0) is 31.8 Å². The van der Waals surface area contributed by atoms with Gasteiger partial charge >= 0.3 is 11.9 Å². The van der Waals surface area contributed by atoms with Crippen molar-refractivity contribution in [2.45, 2.75) is 37.7 Å². The maximum absolute atomic E-state index is 11.7. The quantitative estimate of drug-likeness (QED) is 0.536. The maximum atomic E-state index is 11.7. The Morgan fingerprint density at radius 3 is 3.00 bits per heavy atom. The van der Waals surface area contributed by atoms with Crippen LogP contribution in [0, 0.1) is 11.8 Å². The molecule has 1 saturated heterocycles. The van der Waals surface area contributed by atoms with Crippen molar-refractivity contribution in [3.05, 3.63) is 23.8 Å². The van der Waals surface area contributed by atoms with Crippen molar-refractivity contribution in [1.29, 1.82) is 0 Å². The molecular formula is C15H18O4. The summed E-state index contributed by atoms with van der Waals surface area (Å²) in [5.41, 5.74) is 1.15. The highest BCUT2D eigenvalue weighted by molar-refractivity contribution is 5.89. The van der Waals surface area contributed by atoms with Gasteiger partial charge in [-0.25, -0.2) is 4.79 Å². The molecule has 1 saturated carbocycles. The minimum atomic E-state index is -0.631. The number of carbonyl (C=O) groups excluding carboxylic acids is 2. The molecule has 3 aliphatic rings. The second-order valence-corrected chi connectivity index (χ2v) is 5.68. The molecule has 1 heterocycles. The van der Waals surface area contributed by atoms with Gasteiger partial charge in [0.1, 0.15) is 5.60 Å².